The molecule has 3 aromatic rings. The first-order valence-electron chi connectivity index (χ1n) is 5.72. The molecule has 1 amide bonds. The number of aromatic nitrogens is 5. The summed E-state index contributed by atoms with van der Waals surface area (Å²) < 4.78 is 1.78. The summed E-state index contributed by atoms with van der Waals surface area (Å²) in [5.74, 6) is 0.0405. The first kappa shape index (κ1) is 13.4. The third-order valence-electron chi connectivity index (χ3n) is 2.48. The van der Waals surface area contributed by atoms with Gasteiger partial charge in [0.1, 0.15) is 24.5 Å². The Hall–Kier alpha value is -3.03. The molecule has 3 aromatic heterocycles. The second kappa shape index (κ2) is 5.74. The summed E-state index contributed by atoms with van der Waals surface area (Å²) in [5.41, 5.74) is 12.3. The maximum atomic E-state index is 10.6. The molecule has 0 radical (unpaired) electrons. The van der Waals surface area contributed by atoms with Gasteiger partial charge < -0.3 is 16.5 Å². The van der Waals surface area contributed by atoms with Crippen LogP contribution in [0, 0.1) is 0 Å². The molecule has 102 valence electrons. The summed E-state index contributed by atoms with van der Waals surface area (Å²) in [6.45, 7) is 0. The second-order valence-electron chi connectivity index (χ2n) is 3.98. The number of H-pyrrole nitrogens is 1. The third kappa shape index (κ3) is 3.05. The van der Waals surface area contributed by atoms with E-state index in [0.29, 0.717) is 22.5 Å². The highest BCUT2D eigenvalue weighted by Gasteiger charge is 2.02. The number of aromatic amines is 1. The van der Waals surface area contributed by atoms with Crippen LogP contribution in [0.3, 0.4) is 0 Å². The number of anilines is 1. The fraction of sp³-hybridized carbons (Fsp3) is 0.0833. The number of hydrogen-bond acceptors (Lipinski definition) is 5. The number of nitrogens with two attached hydrogens (primary N) is 2. The summed E-state index contributed by atoms with van der Waals surface area (Å²) in [4.78, 5) is 24.9. The number of hydrogen-bond donors (Lipinski definition) is 3. The largest absolute Gasteiger partial charge is 0.382 e. The minimum Gasteiger partial charge on any atom is -0.382 e. The van der Waals surface area contributed by atoms with Crippen molar-refractivity contribution in [2.75, 3.05) is 5.73 Å². The zero-order chi connectivity index (χ0) is 14.5. The van der Waals surface area contributed by atoms with E-state index in [4.69, 9.17) is 11.5 Å². The molecule has 5 N–H and O–H groups in total. The molecule has 0 bridgehead atoms. The quantitative estimate of drug-likeness (QED) is 0.517. The number of carbonyl (C=O) groups is 1. The van der Waals surface area contributed by atoms with Gasteiger partial charge in [0.05, 0.1) is 6.33 Å². The molecule has 3 rings (SSSR count). The number of nitrogens with one attached hydrogen (secondary N) is 1. The number of carbonyl (C=O) groups excluding carboxylic acids is 1. The molecule has 0 aliphatic carbocycles. The Morgan fingerprint density at radius 2 is 2.15 bits per heavy atom. The van der Waals surface area contributed by atoms with E-state index in [1.807, 2.05) is 13.2 Å². The van der Waals surface area contributed by atoms with E-state index in [9.17, 15) is 4.79 Å². The predicted octanol–water partition coefficient (Wildman–Crippen LogP) is -0.455. The number of pyridine rings is 1. The van der Waals surface area contributed by atoms with Crippen LogP contribution in [0.4, 0.5) is 5.82 Å². The topological polar surface area (TPSA) is 127 Å². The Morgan fingerprint density at radius 3 is 2.75 bits per heavy atom. The van der Waals surface area contributed by atoms with Crippen molar-refractivity contribution >= 4 is 22.9 Å². The van der Waals surface area contributed by atoms with Crippen LogP contribution in [0.15, 0.2) is 37.2 Å². The Labute approximate surface area is 114 Å². The molecular formula is C12H14N7O+. The van der Waals surface area contributed by atoms with E-state index in [1.54, 1.807) is 22.9 Å². The van der Waals surface area contributed by atoms with E-state index < -0.39 is 5.91 Å². The number of primary amides is 1. The van der Waals surface area contributed by atoms with Gasteiger partial charge in [0.15, 0.2) is 23.9 Å². The normalized spacial score (nSPS) is 9.85. The van der Waals surface area contributed by atoms with Crippen LogP contribution in [0.1, 0.15) is 10.4 Å². The summed E-state index contributed by atoms with van der Waals surface area (Å²) in [6, 6.07) is 3.46. The van der Waals surface area contributed by atoms with Gasteiger partial charge in [-0.2, -0.15) is 0 Å². The molecule has 0 saturated heterocycles. The average molecular weight is 272 g/mol. The van der Waals surface area contributed by atoms with Crippen molar-refractivity contribution in [1.29, 1.82) is 0 Å². The number of imidazole rings is 1. The molecule has 8 nitrogen and oxygen atoms in total. The van der Waals surface area contributed by atoms with Gasteiger partial charge in [-0.15, -0.1) is 0 Å². The number of aryl methyl sites for hydroxylation is 1. The van der Waals surface area contributed by atoms with E-state index in [1.165, 1.54) is 12.7 Å². The SMILES string of the molecule is C[n+]1cccc(C(N)=O)c1.Nc1ncnc2nc[nH]c12. The van der Waals surface area contributed by atoms with Crippen molar-refractivity contribution < 1.29 is 9.36 Å². The Kier molecular flexibility index (Phi) is 3.85. The van der Waals surface area contributed by atoms with Crippen LogP contribution in [0.2, 0.25) is 0 Å². The molecule has 0 unspecified atom stereocenters. The van der Waals surface area contributed by atoms with E-state index >= 15 is 0 Å². The highest BCUT2D eigenvalue weighted by Crippen LogP contribution is 2.09. The molecule has 0 aliphatic heterocycles. The number of nitrogen functional groups attached to an aromatic ring is 1. The fourth-order valence-electron chi connectivity index (χ4n) is 1.52. The molecule has 0 spiro atoms. The van der Waals surface area contributed by atoms with Crippen molar-refractivity contribution in [2.24, 2.45) is 12.8 Å². The summed E-state index contributed by atoms with van der Waals surface area (Å²) in [5, 5.41) is 0. The average Bonchev–Trinajstić information content (AvgIpc) is 2.89. The van der Waals surface area contributed by atoms with Crippen LogP contribution >= 0.6 is 0 Å². The van der Waals surface area contributed by atoms with Crippen molar-refractivity contribution in [2.45, 2.75) is 0 Å². The maximum absolute atomic E-state index is 10.6. The van der Waals surface area contributed by atoms with E-state index in [0.717, 1.165) is 0 Å². The lowest BCUT2D eigenvalue weighted by molar-refractivity contribution is -0.671. The number of fused-ring (bicyclic) bond motifs is 1. The Morgan fingerprint density at radius 1 is 1.35 bits per heavy atom. The minimum atomic E-state index is -0.392. The molecule has 0 aliphatic rings. The van der Waals surface area contributed by atoms with Gasteiger partial charge >= 0.3 is 0 Å². The zero-order valence-electron chi connectivity index (χ0n) is 10.8. The molecular weight excluding hydrogens is 258 g/mol. The monoisotopic (exact) mass is 272 g/mol. The van der Waals surface area contributed by atoms with E-state index in [2.05, 4.69) is 19.9 Å². The zero-order valence-corrected chi connectivity index (χ0v) is 10.8. The first-order chi connectivity index (χ1) is 9.58. The lowest BCUT2D eigenvalue weighted by Gasteiger charge is -1.89. The minimum absolute atomic E-state index is 0.392. The number of amides is 1. The summed E-state index contributed by atoms with van der Waals surface area (Å²) in [7, 11) is 1.84. The van der Waals surface area contributed by atoms with Crippen molar-refractivity contribution in [1.82, 2.24) is 19.9 Å². The molecule has 8 heteroatoms. The number of nitrogens with zero attached hydrogens (tertiary/aromatic N) is 4. The molecule has 0 aromatic carbocycles. The smallest absolute Gasteiger partial charge is 0.254 e. The van der Waals surface area contributed by atoms with Crippen LogP contribution < -0.4 is 16.0 Å². The van der Waals surface area contributed by atoms with Crippen molar-refractivity contribution in [3.63, 3.8) is 0 Å². The lowest BCUT2D eigenvalue weighted by Crippen LogP contribution is -2.28. The third-order valence-corrected chi connectivity index (χ3v) is 2.48. The van der Waals surface area contributed by atoms with Gasteiger partial charge in [0.2, 0.25) is 0 Å². The predicted molar refractivity (Wildman–Crippen MR) is 72.2 cm³/mol. The van der Waals surface area contributed by atoms with Gasteiger partial charge in [-0.05, 0) is 6.07 Å². The maximum Gasteiger partial charge on any atom is 0.254 e. The number of rotatable bonds is 1. The summed E-state index contributed by atoms with van der Waals surface area (Å²) in [6.07, 6.45) is 6.45. The van der Waals surface area contributed by atoms with Gasteiger partial charge in [-0.1, -0.05) is 0 Å². The first-order valence-corrected chi connectivity index (χ1v) is 5.72. The molecule has 0 saturated carbocycles. The van der Waals surface area contributed by atoms with Crippen molar-refractivity contribution in [3.05, 3.63) is 42.7 Å². The van der Waals surface area contributed by atoms with Crippen LogP contribution in [-0.4, -0.2) is 25.8 Å². The van der Waals surface area contributed by atoms with Gasteiger partial charge in [-0.25, -0.2) is 19.5 Å². The highest BCUT2D eigenvalue weighted by atomic mass is 16.1. The lowest BCUT2D eigenvalue weighted by atomic mass is 10.3. The van der Waals surface area contributed by atoms with Gasteiger partial charge in [-0.3, -0.25) is 4.79 Å². The van der Waals surface area contributed by atoms with Crippen LogP contribution in [0.5, 0.6) is 0 Å². The van der Waals surface area contributed by atoms with Crippen molar-refractivity contribution in [3.8, 4) is 0 Å². The molecule has 3 heterocycles. The Balaban J connectivity index is 0.000000147. The fourth-order valence-corrected chi connectivity index (χ4v) is 1.52. The van der Waals surface area contributed by atoms with E-state index in [-0.39, 0.29) is 0 Å². The second-order valence-corrected chi connectivity index (χ2v) is 3.98. The molecule has 0 fully saturated rings. The molecule has 20 heavy (non-hydrogen) atoms. The van der Waals surface area contributed by atoms with Gasteiger partial charge in [0.25, 0.3) is 5.91 Å². The Bertz CT molecular complexity index is 737. The van der Waals surface area contributed by atoms with Crippen LogP contribution in [0.25, 0.3) is 11.2 Å². The summed E-state index contributed by atoms with van der Waals surface area (Å²) >= 11 is 0. The standard InChI is InChI=1S/C7H8N2O.C5H5N5/c1-9-4-2-3-6(5-9)7(8)10;6-4-3-5(9-1-7-3)10-2-8-4/h2-5H,1H3,(H-,8,10);1-2H,(H3,6,7,8,9,10)/p+1. The van der Waals surface area contributed by atoms with Crippen LogP contribution in [-0.2, 0) is 7.05 Å². The molecule has 0 atom stereocenters. The van der Waals surface area contributed by atoms with Gasteiger partial charge in [0, 0.05) is 6.07 Å². The highest BCUT2D eigenvalue weighted by molar-refractivity contribution is 5.92.